The molecule has 1 aliphatic carbocycles. The largest absolute Gasteiger partial charge is 0.358 e. The molecule has 4 rings (SSSR count). The van der Waals surface area contributed by atoms with Crippen LogP contribution in [0.15, 0.2) is 47.8 Å². The van der Waals surface area contributed by atoms with Crippen molar-refractivity contribution in [3.05, 3.63) is 65.1 Å². The third kappa shape index (κ3) is 3.18. The lowest BCUT2D eigenvalue weighted by Gasteiger charge is -2.18. The van der Waals surface area contributed by atoms with Gasteiger partial charge in [0, 0.05) is 40.1 Å². The Hall–Kier alpha value is -2.95. The Morgan fingerprint density at radius 2 is 2.32 bits per heavy atom. The second-order valence-electron chi connectivity index (χ2n) is 6.68. The van der Waals surface area contributed by atoms with Crippen LogP contribution in [0.25, 0.3) is 10.9 Å². The highest BCUT2D eigenvalue weighted by Crippen LogP contribution is 2.32. The van der Waals surface area contributed by atoms with Crippen molar-refractivity contribution < 1.29 is 4.79 Å². The SMILES string of the molecule is CC1CCc2[nH]c3ccc(C(=O)N/N=C\c4cccnc4)cc3c2C1. The standard InChI is InChI=1S/C20H20N4O/c1-13-4-6-18-16(9-13)17-10-15(5-7-19(17)23-18)20(25)24-22-12-14-3-2-8-21-11-14/h2-3,5,7-8,10-13,23H,4,6,9H2,1H3,(H,24,25)/b22-12-. The van der Waals surface area contributed by atoms with Crippen molar-refractivity contribution in [1.29, 1.82) is 0 Å². The second-order valence-corrected chi connectivity index (χ2v) is 6.68. The summed E-state index contributed by atoms with van der Waals surface area (Å²) in [6.45, 7) is 2.28. The number of amides is 1. The van der Waals surface area contributed by atoms with Gasteiger partial charge in [0.2, 0.25) is 0 Å². The third-order valence-electron chi connectivity index (χ3n) is 4.76. The molecule has 126 valence electrons. The molecule has 0 spiro atoms. The Bertz CT molecular complexity index is 943. The number of hydrazone groups is 1. The summed E-state index contributed by atoms with van der Waals surface area (Å²) < 4.78 is 0. The molecule has 5 nitrogen and oxygen atoms in total. The molecule has 2 heterocycles. The summed E-state index contributed by atoms with van der Waals surface area (Å²) in [7, 11) is 0. The monoisotopic (exact) mass is 332 g/mol. The van der Waals surface area contributed by atoms with Gasteiger partial charge in [0.15, 0.2) is 0 Å². The zero-order chi connectivity index (χ0) is 17.2. The van der Waals surface area contributed by atoms with Gasteiger partial charge in [-0.15, -0.1) is 0 Å². The minimum absolute atomic E-state index is 0.208. The number of aryl methyl sites for hydroxylation is 1. The molecule has 5 heteroatoms. The molecule has 2 N–H and O–H groups in total. The predicted molar refractivity (Wildman–Crippen MR) is 98.8 cm³/mol. The van der Waals surface area contributed by atoms with Gasteiger partial charge in [0.25, 0.3) is 5.91 Å². The first-order valence-electron chi connectivity index (χ1n) is 8.57. The Morgan fingerprint density at radius 1 is 1.40 bits per heavy atom. The molecule has 0 saturated heterocycles. The van der Waals surface area contributed by atoms with Crippen LogP contribution in [-0.4, -0.2) is 22.1 Å². The van der Waals surface area contributed by atoms with E-state index in [1.807, 2.05) is 30.3 Å². The average molecular weight is 332 g/mol. The fourth-order valence-electron chi connectivity index (χ4n) is 3.41. The molecule has 1 aromatic carbocycles. The minimum atomic E-state index is -0.208. The smallest absolute Gasteiger partial charge is 0.271 e. The number of nitrogens with zero attached hydrogens (tertiary/aromatic N) is 2. The van der Waals surface area contributed by atoms with E-state index in [4.69, 9.17) is 0 Å². The van der Waals surface area contributed by atoms with Crippen molar-refractivity contribution >= 4 is 23.0 Å². The summed E-state index contributed by atoms with van der Waals surface area (Å²) >= 11 is 0. The minimum Gasteiger partial charge on any atom is -0.358 e. The average Bonchev–Trinajstić information content (AvgIpc) is 2.99. The van der Waals surface area contributed by atoms with Crippen LogP contribution in [0.4, 0.5) is 0 Å². The number of hydrogen-bond donors (Lipinski definition) is 2. The highest BCUT2D eigenvalue weighted by molar-refractivity contribution is 5.99. The maximum atomic E-state index is 12.4. The molecule has 0 aliphatic heterocycles. The lowest BCUT2D eigenvalue weighted by Crippen LogP contribution is -2.17. The van der Waals surface area contributed by atoms with Gasteiger partial charge in [0.05, 0.1) is 6.21 Å². The van der Waals surface area contributed by atoms with Crippen molar-refractivity contribution in [2.24, 2.45) is 11.0 Å². The van der Waals surface area contributed by atoms with Crippen LogP contribution in [-0.2, 0) is 12.8 Å². The first-order chi connectivity index (χ1) is 12.2. The molecule has 25 heavy (non-hydrogen) atoms. The molecular weight excluding hydrogens is 312 g/mol. The number of fused-ring (bicyclic) bond motifs is 3. The number of H-pyrrole nitrogens is 1. The van der Waals surface area contributed by atoms with Gasteiger partial charge in [-0.2, -0.15) is 5.10 Å². The molecule has 1 atom stereocenters. The topological polar surface area (TPSA) is 70.1 Å². The van der Waals surface area contributed by atoms with Crippen LogP contribution in [0.5, 0.6) is 0 Å². The molecule has 2 aromatic heterocycles. The van der Waals surface area contributed by atoms with Gasteiger partial charge in [-0.05, 0) is 55.0 Å². The molecule has 0 saturated carbocycles. The number of hydrogen-bond acceptors (Lipinski definition) is 3. The Kier molecular flexibility index (Phi) is 4.06. The van der Waals surface area contributed by atoms with Crippen molar-refractivity contribution in [3.63, 3.8) is 0 Å². The van der Waals surface area contributed by atoms with Gasteiger partial charge in [-0.1, -0.05) is 13.0 Å². The van der Waals surface area contributed by atoms with Crippen LogP contribution >= 0.6 is 0 Å². The fourth-order valence-corrected chi connectivity index (χ4v) is 3.41. The maximum absolute atomic E-state index is 12.4. The number of carbonyl (C=O) groups is 1. The molecule has 3 aromatic rings. The predicted octanol–water partition coefficient (Wildman–Crippen LogP) is 3.45. The maximum Gasteiger partial charge on any atom is 0.271 e. The van der Waals surface area contributed by atoms with Crippen molar-refractivity contribution in [1.82, 2.24) is 15.4 Å². The third-order valence-corrected chi connectivity index (χ3v) is 4.76. The molecular formula is C20H20N4O. The van der Waals surface area contributed by atoms with Crippen LogP contribution < -0.4 is 5.43 Å². The quantitative estimate of drug-likeness (QED) is 0.570. The summed E-state index contributed by atoms with van der Waals surface area (Å²) in [5.74, 6) is 0.480. The van der Waals surface area contributed by atoms with E-state index in [-0.39, 0.29) is 5.91 Å². The van der Waals surface area contributed by atoms with Gasteiger partial charge in [0.1, 0.15) is 0 Å². The number of rotatable bonds is 3. The second kappa shape index (κ2) is 6.51. The van der Waals surface area contributed by atoms with E-state index in [2.05, 4.69) is 27.4 Å². The molecule has 0 radical (unpaired) electrons. The summed E-state index contributed by atoms with van der Waals surface area (Å²) in [6, 6.07) is 9.49. The number of nitrogens with one attached hydrogen (secondary N) is 2. The summed E-state index contributed by atoms with van der Waals surface area (Å²) in [5.41, 5.74) is 7.84. The van der Waals surface area contributed by atoms with E-state index >= 15 is 0 Å². The molecule has 0 bridgehead atoms. The van der Waals surface area contributed by atoms with Gasteiger partial charge < -0.3 is 4.98 Å². The summed E-state index contributed by atoms with van der Waals surface area (Å²) in [6.07, 6.45) is 8.35. The Morgan fingerprint density at radius 3 is 3.16 bits per heavy atom. The number of aromatic nitrogens is 2. The highest BCUT2D eigenvalue weighted by atomic mass is 16.2. The van der Waals surface area contributed by atoms with Crippen molar-refractivity contribution in [2.75, 3.05) is 0 Å². The van der Waals surface area contributed by atoms with Crippen molar-refractivity contribution in [2.45, 2.75) is 26.2 Å². The van der Waals surface area contributed by atoms with Crippen LogP contribution in [0.2, 0.25) is 0 Å². The molecule has 1 amide bonds. The van der Waals surface area contributed by atoms with E-state index in [0.29, 0.717) is 11.5 Å². The fraction of sp³-hybridized carbons (Fsp3) is 0.250. The Balaban J connectivity index is 1.56. The van der Waals surface area contributed by atoms with Crippen molar-refractivity contribution in [3.8, 4) is 0 Å². The van der Waals surface area contributed by atoms with Crippen LogP contribution in [0.3, 0.4) is 0 Å². The van der Waals surface area contributed by atoms with Crippen LogP contribution in [0, 0.1) is 5.92 Å². The first-order valence-corrected chi connectivity index (χ1v) is 8.57. The molecule has 1 aliphatic rings. The zero-order valence-corrected chi connectivity index (χ0v) is 14.1. The van der Waals surface area contributed by atoms with Gasteiger partial charge in [-0.3, -0.25) is 9.78 Å². The molecule has 0 fully saturated rings. The molecule has 1 unspecified atom stereocenters. The lowest BCUT2D eigenvalue weighted by molar-refractivity contribution is 0.0955. The lowest BCUT2D eigenvalue weighted by atomic mass is 9.87. The van der Waals surface area contributed by atoms with E-state index < -0.39 is 0 Å². The number of aromatic amines is 1. The van der Waals surface area contributed by atoms with Gasteiger partial charge >= 0.3 is 0 Å². The Labute approximate surface area is 146 Å². The van der Waals surface area contributed by atoms with E-state index in [1.54, 1.807) is 18.6 Å². The normalized spacial score (nSPS) is 16.9. The first kappa shape index (κ1) is 15.6. The number of carbonyl (C=O) groups excluding carboxylic acids is 1. The van der Waals surface area contributed by atoms with Gasteiger partial charge in [-0.25, -0.2) is 5.43 Å². The highest BCUT2D eigenvalue weighted by Gasteiger charge is 2.20. The van der Waals surface area contributed by atoms with E-state index in [1.165, 1.54) is 17.7 Å². The number of benzene rings is 1. The van der Waals surface area contributed by atoms with Crippen LogP contribution in [0.1, 0.15) is 40.5 Å². The van der Waals surface area contributed by atoms with E-state index in [0.717, 1.165) is 29.3 Å². The zero-order valence-electron chi connectivity index (χ0n) is 14.1. The number of pyridine rings is 1. The summed E-state index contributed by atoms with van der Waals surface area (Å²) in [5, 5.41) is 5.17. The summed E-state index contributed by atoms with van der Waals surface area (Å²) in [4.78, 5) is 19.9. The van der Waals surface area contributed by atoms with E-state index in [9.17, 15) is 4.79 Å².